The number of nitrogens with one attached hydrogen (secondary N) is 1. The molecular weight excluding hydrogens is 217 g/mol. The van der Waals surface area contributed by atoms with Gasteiger partial charge in [-0.25, -0.2) is 9.37 Å². The Hall–Kier alpha value is -1.84. The van der Waals surface area contributed by atoms with Crippen LogP contribution >= 0.6 is 0 Å². The number of halogens is 1. The molecule has 2 aromatic rings. The number of nitrogens with zero attached hydrogens (tertiary/aromatic N) is 2. The first-order chi connectivity index (χ1) is 8.24. The summed E-state index contributed by atoms with van der Waals surface area (Å²) in [5, 5.41) is 3.36. The number of hydrogen-bond acceptors (Lipinski definition) is 2. The minimum absolute atomic E-state index is 0.205. The second-order valence-electron chi connectivity index (χ2n) is 4.47. The molecule has 3 rings (SSSR count). The Morgan fingerprint density at radius 3 is 2.94 bits per heavy atom. The Morgan fingerprint density at radius 2 is 2.24 bits per heavy atom. The lowest BCUT2D eigenvalue weighted by Gasteiger charge is -2.11. The molecule has 1 aliphatic rings. The Balaban J connectivity index is 1.99. The van der Waals surface area contributed by atoms with Gasteiger partial charge in [-0.1, -0.05) is 0 Å². The third-order valence-corrected chi connectivity index (χ3v) is 2.97. The summed E-state index contributed by atoms with van der Waals surface area (Å²) in [6.07, 6.45) is 6.06. The first-order valence-corrected chi connectivity index (χ1v) is 5.80. The average Bonchev–Trinajstić information content (AvgIpc) is 2.97. The van der Waals surface area contributed by atoms with Gasteiger partial charge in [0.2, 0.25) is 5.95 Å². The highest BCUT2D eigenvalue weighted by atomic mass is 19.1. The molecule has 1 aromatic carbocycles. The Labute approximate surface area is 99.3 Å². The number of hydrogen-bond donors (Lipinski definition) is 1. The molecule has 0 spiro atoms. The normalized spacial score (nSPS) is 14.9. The summed E-state index contributed by atoms with van der Waals surface area (Å²) in [6.45, 7) is 1.90. The number of benzene rings is 1. The lowest BCUT2D eigenvalue weighted by molar-refractivity contribution is 0.626. The van der Waals surface area contributed by atoms with Gasteiger partial charge in [-0.15, -0.1) is 0 Å². The predicted molar refractivity (Wildman–Crippen MR) is 64.9 cm³/mol. The molecular formula is C13H14FN3. The number of anilines is 1. The maximum Gasteiger partial charge on any atom is 0.207 e. The van der Waals surface area contributed by atoms with Gasteiger partial charge in [0, 0.05) is 18.4 Å². The van der Waals surface area contributed by atoms with E-state index in [1.807, 2.05) is 17.7 Å². The summed E-state index contributed by atoms with van der Waals surface area (Å²) < 4.78 is 15.0. The zero-order valence-electron chi connectivity index (χ0n) is 9.65. The fourth-order valence-electron chi connectivity index (χ4n) is 1.90. The van der Waals surface area contributed by atoms with Gasteiger partial charge in [0.05, 0.1) is 5.69 Å². The van der Waals surface area contributed by atoms with Crippen molar-refractivity contribution in [1.29, 1.82) is 0 Å². The van der Waals surface area contributed by atoms with Crippen LogP contribution in [0.1, 0.15) is 18.4 Å². The summed E-state index contributed by atoms with van der Waals surface area (Å²) in [5.74, 6) is 0.630. The van der Waals surface area contributed by atoms with Crippen molar-refractivity contribution >= 4 is 5.95 Å². The molecule has 1 N–H and O–H groups in total. The van der Waals surface area contributed by atoms with Gasteiger partial charge in [-0.05, 0) is 43.5 Å². The van der Waals surface area contributed by atoms with E-state index < -0.39 is 0 Å². The van der Waals surface area contributed by atoms with Crippen LogP contribution in [0.25, 0.3) is 5.69 Å². The number of aryl methyl sites for hydroxylation is 1. The quantitative estimate of drug-likeness (QED) is 0.880. The van der Waals surface area contributed by atoms with Gasteiger partial charge in [0.25, 0.3) is 0 Å². The highest BCUT2D eigenvalue weighted by Crippen LogP contribution is 2.26. The van der Waals surface area contributed by atoms with E-state index in [-0.39, 0.29) is 5.82 Å². The molecule has 0 amide bonds. The van der Waals surface area contributed by atoms with Crippen molar-refractivity contribution < 1.29 is 4.39 Å². The van der Waals surface area contributed by atoms with Crippen LogP contribution < -0.4 is 5.32 Å². The number of imidazole rings is 1. The fourth-order valence-corrected chi connectivity index (χ4v) is 1.90. The van der Waals surface area contributed by atoms with E-state index in [0.29, 0.717) is 6.04 Å². The van der Waals surface area contributed by atoms with Crippen molar-refractivity contribution in [1.82, 2.24) is 9.55 Å². The second kappa shape index (κ2) is 3.87. The Bertz CT molecular complexity index is 543. The topological polar surface area (TPSA) is 29.9 Å². The van der Waals surface area contributed by atoms with Crippen molar-refractivity contribution in [3.8, 4) is 5.69 Å². The lowest BCUT2D eigenvalue weighted by atomic mass is 10.2. The SMILES string of the molecule is Cc1cc(F)ccc1-n1ccnc1NC1CC1. The summed E-state index contributed by atoms with van der Waals surface area (Å²) >= 11 is 0. The molecule has 4 heteroatoms. The third-order valence-electron chi connectivity index (χ3n) is 2.97. The predicted octanol–water partition coefficient (Wildman–Crippen LogP) is 2.89. The van der Waals surface area contributed by atoms with Gasteiger partial charge in [-0.3, -0.25) is 4.57 Å². The molecule has 3 nitrogen and oxygen atoms in total. The maximum absolute atomic E-state index is 13.1. The van der Waals surface area contributed by atoms with E-state index in [1.54, 1.807) is 12.3 Å². The van der Waals surface area contributed by atoms with Crippen molar-refractivity contribution in [2.75, 3.05) is 5.32 Å². The van der Waals surface area contributed by atoms with Gasteiger partial charge in [0.1, 0.15) is 5.82 Å². The largest absolute Gasteiger partial charge is 0.353 e. The van der Waals surface area contributed by atoms with Crippen molar-refractivity contribution in [3.63, 3.8) is 0 Å². The minimum Gasteiger partial charge on any atom is -0.353 e. The molecule has 1 saturated carbocycles. The van der Waals surface area contributed by atoms with Crippen LogP contribution in [0.2, 0.25) is 0 Å². The van der Waals surface area contributed by atoms with Crippen molar-refractivity contribution in [2.45, 2.75) is 25.8 Å². The highest BCUT2D eigenvalue weighted by Gasteiger charge is 2.23. The molecule has 0 aliphatic heterocycles. The molecule has 1 aliphatic carbocycles. The smallest absolute Gasteiger partial charge is 0.207 e. The van der Waals surface area contributed by atoms with E-state index in [2.05, 4.69) is 10.3 Å². The molecule has 0 bridgehead atoms. The molecule has 0 radical (unpaired) electrons. The maximum atomic E-state index is 13.1. The van der Waals surface area contributed by atoms with Crippen LogP contribution in [-0.4, -0.2) is 15.6 Å². The van der Waals surface area contributed by atoms with Gasteiger partial charge < -0.3 is 5.32 Å². The van der Waals surface area contributed by atoms with E-state index in [1.165, 1.54) is 25.0 Å². The van der Waals surface area contributed by atoms with E-state index >= 15 is 0 Å². The van der Waals surface area contributed by atoms with Crippen LogP contribution in [0.5, 0.6) is 0 Å². The molecule has 0 unspecified atom stereocenters. The van der Waals surface area contributed by atoms with E-state index in [9.17, 15) is 4.39 Å². The highest BCUT2D eigenvalue weighted by molar-refractivity contribution is 5.47. The van der Waals surface area contributed by atoms with Gasteiger partial charge in [-0.2, -0.15) is 0 Å². The zero-order chi connectivity index (χ0) is 11.8. The Kier molecular flexibility index (Phi) is 2.35. The molecule has 1 aromatic heterocycles. The molecule has 1 fully saturated rings. The average molecular weight is 231 g/mol. The fraction of sp³-hybridized carbons (Fsp3) is 0.308. The summed E-state index contributed by atoms with van der Waals surface area (Å²) in [5.41, 5.74) is 1.87. The van der Waals surface area contributed by atoms with E-state index in [0.717, 1.165) is 17.2 Å². The van der Waals surface area contributed by atoms with Crippen LogP contribution in [0.3, 0.4) is 0 Å². The first kappa shape index (κ1) is 10.3. The number of aromatic nitrogens is 2. The van der Waals surface area contributed by atoms with Crippen LogP contribution in [0, 0.1) is 12.7 Å². The van der Waals surface area contributed by atoms with E-state index in [4.69, 9.17) is 0 Å². The lowest BCUT2D eigenvalue weighted by Crippen LogP contribution is -2.08. The van der Waals surface area contributed by atoms with Crippen molar-refractivity contribution in [2.24, 2.45) is 0 Å². The third kappa shape index (κ3) is 2.02. The molecule has 1 heterocycles. The standard InChI is InChI=1S/C13H14FN3/c1-9-8-10(14)2-5-12(9)17-7-6-15-13(17)16-11-3-4-11/h2,5-8,11H,3-4H2,1H3,(H,15,16). The Morgan fingerprint density at radius 1 is 1.41 bits per heavy atom. The first-order valence-electron chi connectivity index (χ1n) is 5.80. The summed E-state index contributed by atoms with van der Waals surface area (Å²) in [7, 11) is 0. The van der Waals surface area contributed by atoms with Gasteiger partial charge in [0.15, 0.2) is 0 Å². The minimum atomic E-state index is -0.205. The van der Waals surface area contributed by atoms with Gasteiger partial charge >= 0.3 is 0 Å². The van der Waals surface area contributed by atoms with Crippen molar-refractivity contribution in [3.05, 3.63) is 42.0 Å². The second-order valence-corrected chi connectivity index (χ2v) is 4.47. The molecule has 0 saturated heterocycles. The summed E-state index contributed by atoms with van der Waals surface area (Å²) in [4.78, 5) is 4.29. The monoisotopic (exact) mass is 231 g/mol. The number of rotatable bonds is 3. The molecule has 88 valence electrons. The van der Waals surface area contributed by atoms with Crippen LogP contribution in [-0.2, 0) is 0 Å². The summed E-state index contributed by atoms with van der Waals surface area (Å²) in [6, 6.07) is 5.35. The molecule has 0 atom stereocenters. The van der Waals surface area contributed by atoms with Crippen LogP contribution in [0.15, 0.2) is 30.6 Å². The molecule has 17 heavy (non-hydrogen) atoms. The zero-order valence-corrected chi connectivity index (χ0v) is 9.65. The van der Waals surface area contributed by atoms with Crippen LogP contribution in [0.4, 0.5) is 10.3 Å².